The second-order valence-electron chi connectivity index (χ2n) is 8.43. The highest BCUT2D eigenvalue weighted by molar-refractivity contribution is 5.70. The van der Waals surface area contributed by atoms with E-state index in [1.807, 2.05) is 0 Å². The predicted octanol–water partition coefficient (Wildman–Crippen LogP) is 4.07. The van der Waals surface area contributed by atoms with Gasteiger partial charge in [-0.15, -0.1) is 0 Å². The number of hydrogen-bond acceptors (Lipinski definition) is 7. The summed E-state index contributed by atoms with van der Waals surface area (Å²) in [6.07, 6.45) is 8.99. The Hall–Kier alpha value is -2.16. The van der Waals surface area contributed by atoms with Gasteiger partial charge in [0.1, 0.15) is 13.2 Å². The molecular weight excluding hydrogens is 430 g/mol. The Morgan fingerprint density at radius 3 is 1.61 bits per heavy atom. The van der Waals surface area contributed by atoms with Crippen LogP contribution in [-0.2, 0) is 28.7 Å². The van der Waals surface area contributed by atoms with Crippen molar-refractivity contribution in [3.8, 4) is 0 Å². The Balaban J connectivity index is 4.76. The van der Waals surface area contributed by atoms with Crippen LogP contribution in [0.3, 0.4) is 0 Å². The van der Waals surface area contributed by atoms with E-state index in [-0.39, 0.29) is 44.4 Å². The third kappa shape index (κ3) is 20.2. The first-order valence-corrected chi connectivity index (χ1v) is 12.3. The molecule has 2 unspecified atom stereocenters. The van der Waals surface area contributed by atoms with Gasteiger partial charge in [-0.3, -0.25) is 19.2 Å². The van der Waals surface area contributed by atoms with Crippen molar-refractivity contribution >= 4 is 23.9 Å². The molecule has 0 fully saturated rings. The average Bonchev–Trinajstić information content (AvgIpc) is 2.76. The number of unbranched alkanes of at least 4 members (excludes halogenated alkanes) is 7. The smallest absolute Gasteiger partial charge is 0.305 e. The highest BCUT2D eigenvalue weighted by atomic mass is 16.5. The lowest BCUT2D eigenvalue weighted by Gasteiger charge is -2.24. The van der Waals surface area contributed by atoms with Crippen molar-refractivity contribution in [1.82, 2.24) is 5.32 Å². The molecule has 0 saturated carbocycles. The zero-order chi connectivity index (χ0) is 24.9. The standard InChI is InChI=1S/C24H43NO8/c1-3-5-7-9-11-13-24(31)33-18-20(17-32-23(30)12-10-8-6-4-2)25-19(16-22(28)29)14-15-21(26)27/h19-20,25H,3-18H2,1-2H3,(H,26,27)(H,28,29). The molecule has 0 aromatic carbocycles. The lowest BCUT2D eigenvalue weighted by molar-refractivity contribution is -0.148. The van der Waals surface area contributed by atoms with Gasteiger partial charge in [-0.25, -0.2) is 0 Å². The Kier molecular flexibility index (Phi) is 19.1. The van der Waals surface area contributed by atoms with E-state index in [1.165, 1.54) is 0 Å². The van der Waals surface area contributed by atoms with Gasteiger partial charge in [-0.05, 0) is 19.3 Å². The summed E-state index contributed by atoms with van der Waals surface area (Å²) in [5.74, 6) is -2.82. The van der Waals surface area contributed by atoms with Crippen molar-refractivity contribution < 1.29 is 38.9 Å². The summed E-state index contributed by atoms with van der Waals surface area (Å²) in [7, 11) is 0. The number of carboxylic acid groups (broad SMARTS) is 2. The monoisotopic (exact) mass is 473 g/mol. The molecule has 0 amide bonds. The number of carboxylic acids is 2. The van der Waals surface area contributed by atoms with E-state index in [9.17, 15) is 19.2 Å². The van der Waals surface area contributed by atoms with Crippen LogP contribution < -0.4 is 5.32 Å². The van der Waals surface area contributed by atoms with E-state index in [4.69, 9.17) is 19.7 Å². The van der Waals surface area contributed by atoms with Crippen LogP contribution in [0.2, 0.25) is 0 Å². The number of aliphatic carboxylic acids is 2. The average molecular weight is 474 g/mol. The van der Waals surface area contributed by atoms with Gasteiger partial charge in [-0.1, -0.05) is 58.8 Å². The molecule has 9 heteroatoms. The van der Waals surface area contributed by atoms with Crippen LogP contribution in [0.1, 0.15) is 104 Å². The second kappa shape index (κ2) is 20.4. The summed E-state index contributed by atoms with van der Waals surface area (Å²) in [6, 6.07) is -1.27. The Labute approximate surface area is 197 Å². The second-order valence-corrected chi connectivity index (χ2v) is 8.43. The van der Waals surface area contributed by atoms with Gasteiger partial charge in [0.15, 0.2) is 0 Å². The normalized spacial score (nSPS) is 12.7. The molecule has 3 N–H and O–H groups in total. The summed E-state index contributed by atoms with van der Waals surface area (Å²) < 4.78 is 10.6. The first kappa shape index (κ1) is 30.8. The van der Waals surface area contributed by atoms with Gasteiger partial charge in [0.05, 0.1) is 12.5 Å². The minimum atomic E-state index is -1.08. The van der Waals surface area contributed by atoms with Gasteiger partial charge in [0, 0.05) is 25.3 Å². The van der Waals surface area contributed by atoms with Crippen LogP contribution in [0.5, 0.6) is 0 Å². The molecule has 9 nitrogen and oxygen atoms in total. The van der Waals surface area contributed by atoms with E-state index >= 15 is 0 Å². The van der Waals surface area contributed by atoms with Crippen molar-refractivity contribution in [3.63, 3.8) is 0 Å². The Morgan fingerprint density at radius 1 is 0.667 bits per heavy atom. The van der Waals surface area contributed by atoms with Gasteiger partial charge >= 0.3 is 23.9 Å². The van der Waals surface area contributed by atoms with Gasteiger partial charge in [0.2, 0.25) is 0 Å². The molecule has 0 aliphatic rings. The highest BCUT2D eigenvalue weighted by Gasteiger charge is 2.22. The quantitative estimate of drug-likeness (QED) is 0.157. The maximum atomic E-state index is 12.1. The largest absolute Gasteiger partial charge is 0.481 e. The van der Waals surface area contributed by atoms with E-state index in [0.29, 0.717) is 12.8 Å². The topological polar surface area (TPSA) is 139 Å². The van der Waals surface area contributed by atoms with Crippen molar-refractivity contribution in [1.29, 1.82) is 0 Å². The Bertz CT molecular complexity index is 567. The summed E-state index contributed by atoms with van der Waals surface area (Å²) in [5, 5.41) is 21.1. The number of ether oxygens (including phenoxy) is 2. The number of carbonyl (C=O) groups excluding carboxylic acids is 2. The van der Waals surface area contributed by atoms with Crippen LogP contribution in [-0.4, -0.2) is 59.4 Å². The molecule has 0 aromatic heterocycles. The van der Waals surface area contributed by atoms with Crippen molar-refractivity contribution in [2.75, 3.05) is 13.2 Å². The minimum absolute atomic E-state index is 0.0832. The minimum Gasteiger partial charge on any atom is -0.481 e. The first-order chi connectivity index (χ1) is 15.8. The molecule has 0 bridgehead atoms. The fourth-order valence-corrected chi connectivity index (χ4v) is 3.33. The fraction of sp³-hybridized carbons (Fsp3) is 0.833. The van der Waals surface area contributed by atoms with Crippen LogP contribution in [0, 0.1) is 0 Å². The maximum absolute atomic E-state index is 12.1. The van der Waals surface area contributed by atoms with Crippen molar-refractivity contribution in [3.05, 3.63) is 0 Å². The molecule has 2 atom stereocenters. The predicted molar refractivity (Wildman–Crippen MR) is 124 cm³/mol. The molecule has 0 aliphatic carbocycles. The first-order valence-electron chi connectivity index (χ1n) is 12.3. The number of nitrogens with one attached hydrogen (secondary N) is 1. The lowest BCUT2D eigenvalue weighted by atomic mass is 10.1. The summed E-state index contributed by atoms with van der Waals surface area (Å²) in [5.41, 5.74) is 0. The number of carbonyl (C=O) groups is 4. The molecule has 0 aliphatic heterocycles. The number of hydrogen-bond donors (Lipinski definition) is 3. The SMILES string of the molecule is CCCCCCCC(=O)OCC(COC(=O)CCCCCC)NC(CCC(=O)O)CC(=O)O. The molecule has 0 aromatic rings. The van der Waals surface area contributed by atoms with Crippen LogP contribution in [0.25, 0.3) is 0 Å². The molecule has 33 heavy (non-hydrogen) atoms. The zero-order valence-corrected chi connectivity index (χ0v) is 20.3. The number of rotatable bonds is 22. The van der Waals surface area contributed by atoms with Crippen molar-refractivity contribution in [2.45, 2.75) is 116 Å². The molecule has 0 spiro atoms. The zero-order valence-electron chi connectivity index (χ0n) is 20.3. The van der Waals surface area contributed by atoms with Gasteiger partial charge in [-0.2, -0.15) is 0 Å². The molecule has 0 heterocycles. The van der Waals surface area contributed by atoms with Crippen LogP contribution in [0.4, 0.5) is 0 Å². The van der Waals surface area contributed by atoms with E-state index in [1.54, 1.807) is 0 Å². The molecule has 0 saturated heterocycles. The summed E-state index contributed by atoms with van der Waals surface area (Å²) >= 11 is 0. The third-order valence-corrected chi connectivity index (χ3v) is 5.21. The van der Waals surface area contributed by atoms with Gasteiger partial charge < -0.3 is 25.0 Å². The maximum Gasteiger partial charge on any atom is 0.305 e. The highest BCUT2D eigenvalue weighted by Crippen LogP contribution is 2.09. The van der Waals surface area contributed by atoms with Crippen LogP contribution in [0.15, 0.2) is 0 Å². The molecule has 0 radical (unpaired) electrons. The third-order valence-electron chi connectivity index (χ3n) is 5.21. The van der Waals surface area contributed by atoms with Gasteiger partial charge in [0.25, 0.3) is 0 Å². The van der Waals surface area contributed by atoms with E-state index in [0.717, 1.165) is 57.8 Å². The fourth-order valence-electron chi connectivity index (χ4n) is 3.33. The lowest BCUT2D eigenvalue weighted by Crippen LogP contribution is -2.45. The van der Waals surface area contributed by atoms with Crippen molar-refractivity contribution in [2.24, 2.45) is 0 Å². The molecule has 192 valence electrons. The summed E-state index contributed by atoms with van der Waals surface area (Å²) in [6.45, 7) is 4.03. The molecule has 0 rings (SSSR count). The summed E-state index contributed by atoms with van der Waals surface area (Å²) in [4.78, 5) is 46.2. The van der Waals surface area contributed by atoms with E-state index in [2.05, 4.69) is 19.2 Å². The number of esters is 2. The molecular formula is C24H43NO8. The Morgan fingerprint density at radius 2 is 1.15 bits per heavy atom. The van der Waals surface area contributed by atoms with E-state index < -0.39 is 24.0 Å². The van der Waals surface area contributed by atoms with Crippen LogP contribution >= 0.6 is 0 Å².